The molecule has 0 bridgehead atoms. The Morgan fingerprint density at radius 2 is 1.84 bits per heavy atom. The van der Waals surface area contributed by atoms with Crippen molar-refractivity contribution >= 4 is 17.9 Å². The first-order valence-electron chi connectivity index (χ1n) is 6.36. The van der Waals surface area contributed by atoms with Crippen molar-refractivity contribution in [2.75, 3.05) is 13.2 Å². The molecule has 1 unspecified atom stereocenters. The van der Waals surface area contributed by atoms with Gasteiger partial charge in [0.25, 0.3) is 0 Å². The van der Waals surface area contributed by atoms with E-state index in [1.807, 2.05) is 13.8 Å². The summed E-state index contributed by atoms with van der Waals surface area (Å²) < 4.78 is 5.22. The number of amides is 3. The van der Waals surface area contributed by atoms with Crippen LogP contribution in [0.25, 0.3) is 0 Å². The van der Waals surface area contributed by atoms with Crippen LogP contribution >= 0.6 is 0 Å². The van der Waals surface area contributed by atoms with Gasteiger partial charge in [-0.15, -0.1) is 0 Å². The summed E-state index contributed by atoms with van der Waals surface area (Å²) >= 11 is 0. The first-order chi connectivity index (χ1) is 8.95. The second kappa shape index (κ2) is 10.3. The smallest absolute Gasteiger partial charge is 0.321 e. The SMILES string of the molecule is CCOC(C)CNC(=O)NC(=O)CCCCC(=O)O. The molecule has 0 aromatic heterocycles. The van der Waals surface area contributed by atoms with Crippen molar-refractivity contribution in [3.05, 3.63) is 0 Å². The van der Waals surface area contributed by atoms with Gasteiger partial charge in [-0.1, -0.05) is 0 Å². The maximum absolute atomic E-state index is 11.3. The lowest BCUT2D eigenvalue weighted by Crippen LogP contribution is -2.42. The maximum Gasteiger partial charge on any atom is 0.321 e. The molecular weight excluding hydrogens is 252 g/mol. The minimum absolute atomic E-state index is 0.0331. The Morgan fingerprint density at radius 1 is 1.21 bits per heavy atom. The van der Waals surface area contributed by atoms with Crippen LogP contribution in [0.3, 0.4) is 0 Å². The van der Waals surface area contributed by atoms with E-state index in [4.69, 9.17) is 9.84 Å². The van der Waals surface area contributed by atoms with Gasteiger partial charge in [-0.3, -0.25) is 14.9 Å². The molecule has 7 nitrogen and oxygen atoms in total. The van der Waals surface area contributed by atoms with Gasteiger partial charge in [-0.2, -0.15) is 0 Å². The lowest BCUT2D eigenvalue weighted by atomic mass is 10.2. The van der Waals surface area contributed by atoms with E-state index in [0.29, 0.717) is 26.0 Å². The number of aliphatic carboxylic acids is 1. The molecule has 0 saturated heterocycles. The zero-order valence-corrected chi connectivity index (χ0v) is 11.4. The zero-order valence-electron chi connectivity index (χ0n) is 11.4. The van der Waals surface area contributed by atoms with Crippen molar-refractivity contribution in [2.24, 2.45) is 0 Å². The molecule has 0 rings (SSSR count). The molecule has 0 fully saturated rings. The number of rotatable bonds is 9. The van der Waals surface area contributed by atoms with Gasteiger partial charge < -0.3 is 15.2 Å². The summed E-state index contributed by atoms with van der Waals surface area (Å²) in [7, 11) is 0. The van der Waals surface area contributed by atoms with Crippen LogP contribution in [0, 0.1) is 0 Å². The number of urea groups is 1. The standard InChI is InChI=1S/C12H22N2O5/c1-3-19-9(2)8-13-12(18)14-10(15)6-4-5-7-11(16)17/h9H,3-8H2,1-2H3,(H,16,17)(H2,13,14,15,18). The third kappa shape index (κ3) is 11.2. The maximum atomic E-state index is 11.3. The van der Waals surface area contributed by atoms with Gasteiger partial charge in [0.05, 0.1) is 6.10 Å². The van der Waals surface area contributed by atoms with Crippen LogP contribution in [0.1, 0.15) is 39.5 Å². The van der Waals surface area contributed by atoms with Crippen molar-refractivity contribution in [3.63, 3.8) is 0 Å². The van der Waals surface area contributed by atoms with Crippen LogP contribution in [-0.2, 0) is 14.3 Å². The number of imide groups is 1. The number of nitrogens with one attached hydrogen (secondary N) is 2. The third-order valence-corrected chi connectivity index (χ3v) is 2.30. The first-order valence-corrected chi connectivity index (χ1v) is 6.36. The lowest BCUT2D eigenvalue weighted by molar-refractivity contribution is -0.137. The molecule has 0 saturated carbocycles. The average Bonchev–Trinajstić information content (AvgIpc) is 2.32. The Bertz CT molecular complexity index is 306. The second-order valence-corrected chi connectivity index (χ2v) is 4.13. The second-order valence-electron chi connectivity index (χ2n) is 4.13. The molecule has 0 aromatic carbocycles. The summed E-state index contributed by atoms with van der Waals surface area (Å²) in [6.07, 6.45) is 0.931. The van der Waals surface area contributed by atoms with Gasteiger partial charge in [-0.05, 0) is 26.7 Å². The average molecular weight is 274 g/mol. The number of hydrogen-bond donors (Lipinski definition) is 3. The van der Waals surface area contributed by atoms with E-state index in [9.17, 15) is 14.4 Å². The van der Waals surface area contributed by atoms with Crippen LogP contribution in [0.4, 0.5) is 4.79 Å². The van der Waals surface area contributed by atoms with Crippen molar-refractivity contribution < 1.29 is 24.2 Å². The number of carboxylic acids is 1. The summed E-state index contributed by atoms with van der Waals surface area (Å²) in [5, 5.41) is 13.1. The monoisotopic (exact) mass is 274 g/mol. The van der Waals surface area contributed by atoms with E-state index in [1.165, 1.54) is 0 Å². The van der Waals surface area contributed by atoms with Crippen LogP contribution in [0.5, 0.6) is 0 Å². The Balaban J connectivity index is 3.63. The predicted molar refractivity (Wildman–Crippen MR) is 68.7 cm³/mol. The summed E-state index contributed by atoms with van der Waals surface area (Å²) in [4.78, 5) is 32.9. The van der Waals surface area contributed by atoms with Crippen molar-refractivity contribution in [3.8, 4) is 0 Å². The van der Waals surface area contributed by atoms with E-state index < -0.39 is 17.9 Å². The summed E-state index contributed by atoms with van der Waals surface area (Å²) in [5.41, 5.74) is 0. The molecule has 3 amide bonds. The molecule has 0 spiro atoms. The molecule has 110 valence electrons. The van der Waals surface area contributed by atoms with Crippen LogP contribution in [-0.4, -0.2) is 42.3 Å². The van der Waals surface area contributed by atoms with Crippen molar-refractivity contribution in [1.29, 1.82) is 0 Å². The fourth-order valence-electron chi connectivity index (χ4n) is 1.37. The van der Waals surface area contributed by atoms with Gasteiger partial charge in [0.15, 0.2) is 0 Å². The van der Waals surface area contributed by atoms with Crippen LogP contribution in [0.2, 0.25) is 0 Å². The van der Waals surface area contributed by atoms with E-state index >= 15 is 0 Å². The quantitative estimate of drug-likeness (QED) is 0.541. The number of hydrogen-bond acceptors (Lipinski definition) is 4. The number of ether oxygens (including phenoxy) is 1. The number of carboxylic acid groups (broad SMARTS) is 1. The predicted octanol–water partition coefficient (Wildman–Crippen LogP) is 0.882. The fraction of sp³-hybridized carbons (Fsp3) is 0.750. The van der Waals surface area contributed by atoms with Gasteiger partial charge >= 0.3 is 12.0 Å². The largest absolute Gasteiger partial charge is 0.481 e. The number of carbonyl (C=O) groups is 3. The molecule has 3 N–H and O–H groups in total. The van der Waals surface area contributed by atoms with Gasteiger partial charge in [0, 0.05) is 26.0 Å². The van der Waals surface area contributed by atoms with Gasteiger partial charge in [-0.25, -0.2) is 4.79 Å². The van der Waals surface area contributed by atoms with Crippen LogP contribution < -0.4 is 10.6 Å². The minimum Gasteiger partial charge on any atom is -0.481 e. The Kier molecular flexibility index (Phi) is 9.42. The Morgan fingerprint density at radius 3 is 2.42 bits per heavy atom. The van der Waals surface area contributed by atoms with E-state index in [2.05, 4.69) is 10.6 Å². The number of carbonyl (C=O) groups excluding carboxylic acids is 2. The Hall–Kier alpha value is -1.63. The topological polar surface area (TPSA) is 105 Å². The molecule has 0 aliphatic carbocycles. The highest BCUT2D eigenvalue weighted by molar-refractivity contribution is 5.94. The summed E-state index contributed by atoms with van der Waals surface area (Å²) in [5.74, 6) is -1.30. The fourth-order valence-corrected chi connectivity index (χ4v) is 1.37. The zero-order chi connectivity index (χ0) is 14.7. The number of unbranched alkanes of at least 4 members (excludes halogenated alkanes) is 1. The molecule has 7 heteroatoms. The highest BCUT2D eigenvalue weighted by atomic mass is 16.5. The van der Waals surface area contributed by atoms with E-state index in [1.54, 1.807) is 0 Å². The minimum atomic E-state index is -0.886. The Labute approximate surface area is 112 Å². The summed E-state index contributed by atoms with van der Waals surface area (Å²) in [6.45, 7) is 4.56. The van der Waals surface area contributed by atoms with Gasteiger partial charge in [0.1, 0.15) is 0 Å². The molecular formula is C12H22N2O5. The molecule has 0 aromatic rings. The van der Waals surface area contributed by atoms with Crippen molar-refractivity contribution in [2.45, 2.75) is 45.6 Å². The molecule has 0 heterocycles. The molecule has 0 radical (unpaired) electrons. The van der Waals surface area contributed by atoms with Gasteiger partial charge in [0.2, 0.25) is 5.91 Å². The molecule has 0 aliphatic heterocycles. The molecule has 1 atom stereocenters. The normalized spacial score (nSPS) is 11.7. The molecule has 0 aliphatic rings. The summed E-state index contributed by atoms with van der Waals surface area (Å²) in [6, 6.07) is -0.560. The highest BCUT2D eigenvalue weighted by Gasteiger charge is 2.09. The molecule has 19 heavy (non-hydrogen) atoms. The highest BCUT2D eigenvalue weighted by Crippen LogP contribution is 1.99. The van der Waals surface area contributed by atoms with E-state index in [0.717, 1.165) is 0 Å². The third-order valence-electron chi connectivity index (χ3n) is 2.30. The lowest BCUT2D eigenvalue weighted by Gasteiger charge is -2.12. The van der Waals surface area contributed by atoms with Crippen molar-refractivity contribution in [1.82, 2.24) is 10.6 Å². The van der Waals surface area contributed by atoms with Crippen LogP contribution in [0.15, 0.2) is 0 Å². The first kappa shape index (κ1) is 17.4. The van der Waals surface area contributed by atoms with E-state index in [-0.39, 0.29) is 18.9 Å².